The molecule has 0 radical (unpaired) electrons. The van der Waals surface area contributed by atoms with E-state index in [1.165, 1.54) is 4.31 Å². The zero-order valence-electron chi connectivity index (χ0n) is 19.1. The molecule has 170 valence electrons. The summed E-state index contributed by atoms with van der Waals surface area (Å²) in [6.45, 7) is 5.90. The Hall–Kier alpha value is -2.74. The first-order chi connectivity index (χ1) is 14.6. The van der Waals surface area contributed by atoms with Crippen molar-refractivity contribution in [2.24, 2.45) is 0 Å². The fourth-order valence-corrected chi connectivity index (χ4v) is 4.53. The maximum Gasteiger partial charge on any atom is 0.243 e. The van der Waals surface area contributed by atoms with Gasteiger partial charge in [0.15, 0.2) is 11.5 Å². The van der Waals surface area contributed by atoms with Crippen LogP contribution >= 0.6 is 0 Å². The van der Waals surface area contributed by atoms with E-state index < -0.39 is 16.1 Å². The molecule has 8 heteroatoms. The van der Waals surface area contributed by atoms with Crippen molar-refractivity contribution in [1.82, 2.24) is 5.32 Å². The van der Waals surface area contributed by atoms with Gasteiger partial charge in [-0.1, -0.05) is 12.1 Å². The van der Waals surface area contributed by atoms with Crippen LogP contribution in [-0.2, 0) is 21.2 Å². The number of benzene rings is 2. The van der Waals surface area contributed by atoms with Gasteiger partial charge < -0.3 is 14.8 Å². The van der Waals surface area contributed by atoms with E-state index in [0.717, 1.165) is 29.4 Å². The van der Waals surface area contributed by atoms with Crippen molar-refractivity contribution in [2.45, 2.75) is 39.7 Å². The Bertz CT molecular complexity index is 1020. The molecule has 31 heavy (non-hydrogen) atoms. The number of anilines is 1. The van der Waals surface area contributed by atoms with Gasteiger partial charge in [0.1, 0.15) is 6.04 Å². The van der Waals surface area contributed by atoms with Gasteiger partial charge >= 0.3 is 0 Å². The van der Waals surface area contributed by atoms with Gasteiger partial charge in [0.25, 0.3) is 0 Å². The summed E-state index contributed by atoms with van der Waals surface area (Å²) in [5.74, 6) is 0.992. The van der Waals surface area contributed by atoms with Gasteiger partial charge in [0, 0.05) is 6.54 Å². The summed E-state index contributed by atoms with van der Waals surface area (Å²) >= 11 is 0. The Morgan fingerprint density at radius 2 is 1.71 bits per heavy atom. The summed E-state index contributed by atoms with van der Waals surface area (Å²) in [5.41, 5.74) is 3.57. The molecule has 0 bridgehead atoms. The summed E-state index contributed by atoms with van der Waals surface area (Å²) < 4.78 is 36.6. The largest absolute Gasteiger partial charge is 0.493 e. The SMILES string of the molecule is COc1ccc(CCCNC(=O)[C@@H](C)N(c2ccc(C)c(C)c2)S(C)(=O)=O)cc1OC. The Balaban J connectivity index is 2.00. The molecule has 0 saturated heterocycles. The lowest BCUT2D eigenvalue weighted by molar-refractivity contribution is -0.121. The van der Waals surface area contributed by atoms with Gasteiger partial charge in [0.05, 0.1) is 26.2 Å². The minimum atomic E-state index is -3.63. The van der Waals surface area contributed by atoms with Crippen LogP contribution in [-0.4, -0.2) is 47.4 Å². The second-order valence-electron chi connectivity index (χ2n) is 7.59. The number of rotatable bonds is 10. The molecule has 0 unspecified atom stereocenters. The highest BCUT2D eigenvalue weighted by molar-refractivity contribution is 7.92. The van der Waals surface area contributed by atoms with Gasteiger partial charge in [-0.25, -0.2) is 8.42 Å². The first-order valence-electron chi connectivity index (χ1n) is 10.1. The molecule has 1 atom stereocenters. The zero-order chi connectivity index (χ0) is 23.2. The maximum absolute atomic E-state index is 12.7. The second-order valence-corrected chi connectivity index (χ2v) is 9.45. The van der Waals surface area contributed by atoms with Crippen LogP contribution in [0.25, 0.3) is 0 Å². The Morgan fingerprint density at radius 1 is 1.03 bits per heavy atom. The number of nitrogens with one attached hydrogen (secondary N) is 1. The molecule has 2 aromatic carbocycles. The first-order valence-corrected chi connectivity index (χ1v) is 12.0. The third-order valence-corrected chi connectivity index (χ3v) is 6.46. The lowest BCUT2D eigenvalue weighted by Gasteiger charge is -2.28. The highest BCUT2D eigenvalue weighted by Crippen LogP contribution is 2.28. The minimum Gasteiger partial charge on any atom is -0.493 e. The molecule has 0 aliphatic carbocycles. The van der Waals surface area contributed by atoms with E-state index in [-0.39, 0.29) is 5.91 Å². The molecule has 0 fully saturated rings. The fraction of sp³-hybridized carbons (Fsp3) is 0.435. The van der Waals surface area contributed by atoms with Gasteiger partial charge in [-0.3, -0.25) is 9.10 Å². The van der Waals surface area contributed by atoms with Crippen molar-refractivity contribution in [2.75, 3.05) is 31.3 Å². The van der Waals surface area contributed by atoms with E-state index >= 15 is 0 Å². The predicted molar refractivity (Wildman–Crippen MR) is 124 cm³/mol. The monoisotopic (exact) mass is 448 g/mol. The number of ether oxygens (including phenoxy) is 2. The normalized spacial score (nSPS) is 12.2. The van der Waals surface area contributed by atoms with E-state index in [1.54, 1.807) is 33.3 Å². The Labute approximate surface area is 185 Å². The third-order valence-electron chi connectivity index (χ3n) is 5.22. The van der Waals surface area contributed by atoms with Gasteiger partial charge in [-0.05, 0) is 74.6 Å². The van der Waals surface area contributed by atoms with Crippen LogP contribution in [0.4, 0.5) is 5.69 Å². The molecule has 1 amide bonds. The molecular weight excluding hydrogens is 416 g/mol. The lowest BCUT2D eigenvalue weighted by Crippen LogP contribution is -2.48. The van der Waals surface area contributed by atoms with Gasteiger partial charge in [-0.15, -0.1) is 0 Å². The number of hydrogen-bond acceptors (Lipinski definition) is 5. The van der Waals surface area contributed by atoms with Crippen LogP contribution in [0.3, 0.4) is 0 Å². The Morgan fingerprint density at radius 3 is 2.29 bits per heavy atom. The van der Waals surface area contributed by atoms with Crippen molar-refractivity contribution >= 4 is 21.6 Å². The molecule has 0 spiro atoms. The average molecular weight is 449 g/mol. The molecule has 7 nitrogen and oxygen atoms in total. The van der Waals surface area contributed by atoms with Crippen LogP contribution in [0.1, 0.15) is 30.0 Å². The summed E-state index contributed by atoms with van der Waals surface area (Å²) in [5, 5.41) is 2.85. The van der Waals surface area contributed by atoms with E-state index in [4.69, 9.17) is 9.47 Å². The quantitative estimate of drug-likeness (QED) is 0.564. The predicted octanol–water partition coefficient (Wildman–Crippen LogP) is 3.22. The molecule has 0 saturated carbocycles. The van der Waals surface area contributed by atoms with Crippen LogP contribution < -0.4 is 19.1 Å². The number of aryl methyl sites for hydroxylation is 3. The molecule has 0 aliphatic heterocycles. The van der Waals surface area contributed by atoms with Crippen molar-refractivity contribution in [3.05, 3.63) is 53.1 Å². The van der Waals surface area contributed by atoms with E-state index in [1.807, 2.05) is 38.1 Å². The molecule has 0 heterocycles. The molecule has 2 aromatic rings. The second kappa shape index (κ2) is 10.5. The van der Waals surface area contributed by atoms with Gasteiger partial charge in [0.2, 0.25) is 15.9 Å². The van der Waals surface area contributed by atoms with Crippen LogP contribution in [0.15, 0.2) is 36.4 Å². The van der Waals surface area contributed by atoms with Gasteiger partial charge in [-0.2, -0.15) is 0 Å². The molecule has 0 aromatic heterocycles. The third kappa shape index (κ3) is 6.37. The summed E-state index contributed by atoms with van der Waals surface area (Å²) in [4.78, 5) is 12.7. The molecule has 1 N–H and O–H groups in total. The number of carbonyl (C=O) groups is 1. The fourth-order valence-electron chi connectivity index (χ4n) is 3.36. The smallest absolute Gasteiger partial charge is 0.243 e. The lowest BCUT2D eigenvalue weighted by atomic mass is 10.1. The van der Waals surface area contributed by atoms with Crippen LogP contribution in [0.2, 0.25) is 0 Å². The molecule has 0 aliphatic rings. The number of hydrogen-bond donors (Lipinski definition) is 1. The topological polar surface area (TPSA) is 84.9 Å². The highest BCUT2D eigenvalue weighted by Gasteiger charge is 2.29. The maximum atomic E-state index is 12.7. The highest BCUT2D eigenvalue weighted by atomic mass is 32.2. The summed E-state index contributed by atoms with van der Waals surface area (Å²) in [6, 6.07) is 10.2. The van der Waals surface area contributed by atoms with Crippen molar-refractivity contribution in [1.29, 1.82) is 0 Å². The zero-order valence-corrected chi connectivity index (χ0v) is 19.9. The minimum absolute atomic E-state index is 0.337. The summed E-state index contributed by atoms with van der Waals surface area (Å²) in [7, 11) is -0.454. The number of sulfonamides is 1. The first kappa shape index (κ1) is 24.5. The van der Waals surface area contributed by atoms with Crippen molar-refractivity contribution in [3.8, 4) is 11.5 Å². The number of amides is 1. The van der Waals surface area contributed by atoms with Crippen LogP contribution in [0, 0.1) is 13.8 Å². The Kier molecular flexibility index (Phi) is 8.33. The van der Waals surface area contributed by atoms with Crippen molar-refractivity contribution in [3.63, 3.8) is 0 Å². The number of carbonyl (C=O) groups excluding carboxylic acids is 1. The standard InChI is InChI=1S/C23H32N2O5S/c1-16-9-11-20(14-17(16)2)25(31(6,27)28)18(3)23(26)24-13-7-8-19-10-12-21(29-4)22(15-19)30-5/h9-12,14-15,18H,7-8,13H2,1-6H3,(H,24,26)/t18-/m1/s1. The molecule has 2 rings (SSSR count). The van der Waals surface area contributed by atoms with E-state index in [0.29, 0.717) is 30.2 Å². The number of methoxy groups -OCH3 is 2. The molecular formula is C23H32N2O5S. The van der Waals surface area contributed by atoms with Crippen molar-refractivity contribution < 1.29 is 22.7 Å². The summed E-state index contributed by atoms with van der Waals surface area (Å²) in [6.07, 6.45) is 2.56. The number of nitrogens with zero attached hydrogens (tertiary/aromatic N) is 1. The van der Waals surface area contributed by atoms with E-state index in [9.17, 15) is 13.2 Å². The average Bonchev–Trinajstić information content (AvgIpc) is 2.72. The van der Waals surface area contributed by atoms with E-state index in [2.05, 4.69) is 5.32 Å². The van der Waals surface area contributed by atoms with Crippen LogP contribution in [0.5, 0.6) is 11.5 Å².